The predicted octanol–water partition coefficient (Wildman–Crippen LogP) is 4.00. The van der Waals surface area contributed by atoms with Crippen LogP contribution in [-0.4, -0.2) is 37.5 Å². The second-order valence-corrected chi connectivity index (χ2v) is 7.27. The molecular formula is C18H39NO2. The third-order valence-corrected chi connectivity index (χ3v) is 4.48. The fourth-order valence-electron chi connectivity index (χ4n) is 2.03. The minimum atomic E-state index is -0.395. The van der Waals surface area contributed by atoms with Crippen LogP contribution in [0.4, 0.5) is 0 Å². The molecule has 0 saturated carbocycles. The van der Waals surface area contributed by atoms with Crippen LogP contribution in [0.25, 0.3) is 0 Å². The van der Waals surface area contributed by atoms with E-state index in [2.05, 4.69) is 39.9 Å². The minimum Gasteiger partial charge on any atom is -0.389 e. The molecule has 0 aliphatic rings. The predicted molar refractivity (Wildman–Crippen MR) is 91.7 cm³/mol. The molecule has 1 unspecified atom stereocenters. The number of rotatable bonds is 14. The molecule has 0 radical (unpaired) electrons. The maximum absolute atomic E-state index is 9.87. The van der Waals surface area contributed by atoms with E-state index in [1.165, 1.54) is 32.1 Å². The monoisotopic (exact) mass is 301 g/mol. The first kappa shape index (κ1) is 20.9. The van der Waals surface area contributed by atoms with E-state index in [4.69, 9.17) is 4.74 Å². The van der Waals surface area contributed by atoms with Crippen LogP contribution in [0.15, 0.2) is 0 Å². The summed E-state index contributed by atoms with van der Waals surface area (Å²) in [6.07, 6.45) is 7.26. The molecule has 1 atom stereocenters. The average Bonchev–Trinajstić information content (AvgIpc) is 2.41. The van der Waals surface area contributed by atoms with Gasteiger partial charge in [0, 0.05) is 19.7 Å². The summed E-state index contributed by atoms with van der Waals surface area (Å²) in [5, 5.41) is 13.2. The smallest absolute Gasteiger partial charge is 0.0897 e. The van der Waals surface area contributed by atoms with Crippen molar-refractivity contribution in [3.8, 4) is 0 Å². The zero-order valence-electron chi connectivity index (χ0n) is 15.1. The lowest BCUT2D eigenvalue weighted by molar-refractivity contribution is 0.0337. The van der Waals surface area contributed by atoms with Crippen LogP contribution >= 0.6 is 0 Å². The van der Waals surface area contributed by atoms with Crippen LogP contribution in [0.3, 0.4) is 0 Å². The highest BCUT2D eigenvalue weighted by molar-refractivity contribution is 4.75. The van der Waals surface area contributed by atoms with Gasteiger partial charge in [0.1, 0.15) is 0 Å². The molecule has 2 N–H and O–H groups in total. The van der Waals surface area contributed by atoms with E-state index in [-0.39, 0.29) is 5.41 Å². The molecule has 0 aromatic heterocycles. The summed E-state index contributed by atoms with van der Waals surface area (Å²) in [6, 6.07) is 0. The van der Waals surface area contributed by atoms with Crippen molar-refractivity contribution >= 4 is 0 Å². The number of aliphatic hydroxyl groups excluding tert-OH is 1. The van der Waals surface area contributed by atoms with Gasteiger partial charge in [0.15, 0.2) is 0 Å². The largest absolute Gasteiger partial charge is 0.389 e. The van der Waals surface area contributed by atoms with Crippen molar-refractivity contribution in [2.45, 2.75) is 79.2 Å². The molecule has 0 fully saturated rings. The van der Waals surface area contributed by atoms with Crippen LogP contribution < -0.4 is 5.32 Å². The van der Waals surface area contributed by atoms with E-state index in [0.717, 1.165) is 19.6 Å². The summed E-state index contributed by atoms with van der Waals surface area (Å²) >= 11 is 0. The number of ether oxygens (including phenoxy) is 1. The van der Waals surface area contributed by atoms with Gasteiger partial charge in [-0.1, -0.05) is 66.7 Å². The number of nitrogens with one attached hydrogen (secondary N) is 1. The normalized spacial score (nSPS) is 13.9. The van der Waals surface area contributed by atoms with Crippen LogP contribution in [-0.2, 0) is 4.74 Å². The van der Waals surface area contributed by atoms with E-state index < -0.39 is 6.10 Å². The number of aliphatic hydroxyl groups is 1. The van der Waals surface area contributed by atoms with Crippen LogP contribution in [0.2, 0.25) is 0 Å². The fourth-order valence-corrected chi connectivity index (χ4v) is 2.03. The Morgan fingerprint density at radius 2 is 1.67 bits per heavy atom. The Labute approximate surface area is 132 Å². The summed E-state index contributed by atoms with van der Waals surface area (Å²) in [5.74, 6) is 0.631. The van der Waals surface area contributed by atoms with E-state index in [0.29, 0.717) is 19.1 Å². The van der Waals surface area contributed by atoms with Crippen molar-refractivity contribution in [2.24, 2.45) is 11.3 Å². The standard InChI is InChI=1S/C18H39NO2/c1-6-7-8-9-10-11-12-21-14-17(20)13-19-15-18(4,5)16(2)3/h16-17,19-20H,6-15H2,1-5H3. The highest BCUT2D eigenvalue weighted by atomic mass is 16.5. The van der Waals surface area contributed by atoms with Gasteiger partial charge in [-0.3, -0.25) is 0 Å². The van der Waals surface area contributed by atoms with Crippen molar-refractivity contribution < 1.29 is 9.84 Å². The van der Waals surface area contributed by atoms with Gasteiger partial charge in [0.25, 0.3) is 0 Å². The molecule has 0 aromatic rings. The summed E-state index contributed by atoms with van der Waals surface area (Å²) in [6.45, 7) is 14.0. The van der Waals surface area contributed by atoms with Gasteiger partial charge in [0.05, 0.1) is 12.7 Å². The van der Waals surface area contributed by atoms with Crippen LogP contribution in [0.1, 0.15) is 73.1 Å². The maximum Gasteiger partial charge on any atom is 0.0897 e. The van der Waals surface area contributed by atoms with Crippen molar-refractivity contribution in [3.63, 3.8) is 0 Å². The summed E-state index contributed by atoms with van der Waals surface area (Å²) in [5.41, 5.74) is 0.263. The highest BCUT2D eigenvalue weighted by Crippen LogP contribution is 2.24. The van der Waals surface area contributed by atoms with Crippen molar-refractivity contribution in [1.82, 2.24) is 5.32 Å². The quantitative estimate of drug-likeness (QED) is 0.477. The lowest BCUT2D eigenvalue weighted by Gasteiger charge is -2.30. The molecule has 128 valence electrons. The summed E-state index contributed by atoms with van der Waals surface area (Å²) in [7, 11) is 0. The second-order valence-electron chi connectivity index (χ2n) is 7.27. The first-order valence-corrected chi connectivity index (χ1v) is 8.86. The average molecular weight is 302 g/mol. The summed E-state index contributed by atoms with van der Waals surface area (Å²) < 4.78 is 5.54. The van der Waals surface area contributed by atoms with E-state index in [1.54, 1.807) is 0 Å². The van der Waals surface area contributed by atoms with Gasteiger partial charge in [0.2, 0.25) is 0 Å². The molecule has 0 saturated heterocycles. The molecule has 0 amide bonds. The minimum absolute atomic E-state index is 0.263. The Bertz CT molecular complexity index is 229. The van der Waals surface area contributed by atoms with Gasteiger partial charge < -0.3 is 15.2 Å². The third kappa shape index (κ3) is 12.1. The van der Waals surface area contributed by atoms with Crippen molar-refractivity contribution in [3.05, 3.63) is 0 Å². The lowest BCUT2D eigenvalue weighted by Crippen LogP contribution is -2.38. The first-order chi connectivity index (χ1) is 9.90. The Morgan fingerprint density at radius 3 is 2.29 bits per heavy atom. The topological polar surface area (TPSA) is 41.5 Å². The van der Waals surface area contributed by atoms with Crippen LogP contribution in [0.5, 0.6) is 0 Å². The molecule has 0 rings (SSSR count). The molecule has 0 heterocycles. The Morgan fingerprint density at radius 1 is 1.05 bits per heavy atom. The number of unbranched alkanes of at least 4 members (excludes halogenated alkanes) is 5. The molecule has 0 bridgehead atoms. The van der Waals surface area contributed by atoms with Gasteiger partial charge >= 0.3 is 0 Å². The maximum atomic E-state index is 9.87. The zero-order valence-corrected chi connectivity index (χ0v) is 15.1. The zero-order chi connectivity index (χ0) is 16.1. The molecule has 0 aliphatic heterocycles. The van der Waals surface area contributed by atoms with Gasteiger partial charge in [-0.2, -0.15) is 0 Å². The molecule has 0 spiro atoms. The SMILES string of the molecule is CCCCCCCCOCC(O)CNCC(C)(C)C(C)C. The lowest BCUT2D eigenvalue weighted by atomic mass is 9.81. The van der Waals surface area contributed by atoms with Gasteiger partial charge in [-0.15, -0.1) is 0 Å². The number of hydrogen-bond acceptors (Lipinski definition) is 3. The second kappa shape index (κ2) is 12.4. The highest BCUT2D eigenvalue weighted by Gasteiger charge is 2.21. The molecule has 3 heteroatoms. The molecule has 0 aromatic carbocycles. The Balaban J connectivity index is 3.41. The first-order valence-electron chi connectivity index (χ1n) is 8.86. The summed E-state index contributed by atoms with van der Waals surface area (Å²) in [4.78, 5) is 0. The molecule has 0 aliphatic carbocycles. The molecular weight excluding hydrogens is 262 g/mol. The van der Waals surface area contributed by atoms with Crippen LogP contribution in [0, 0.1) is 11.3 Å². The van der Waals surface area contributed by atoms with E-state index >= 15 is 0 Å². The fraction of sp³-hybridized carbons (Fsp3) is 1.00. The Hall–Kier alpha value is -0.120. The molecule has 3 nitrogen and oxygen atoms in total. The van der Waals surface area contributed by atoms with Crippen molar-refractivity contribution in [2.75, 3.05) is 26.3 Å². The third-order valence-electron chi connectivity index (χ3n) is 4.48. The van der Waals surface area contributed by atoms with Gasteiger partial charge in [-0.05, 0) is 17.8 Å². The van der Waals surface area contributed by atoms with Gasteiger partial charge in [-0.25, -0.2) is 0 Å². The van der Waals surface area contributed by atoms with E-state index in [1.807, 2.05) is 0 Å². The number of hydrogen-bond donors (Lipinski definition) is 2. The van der Waals surface area contributed by atoms with E-state index in [9.17, 15) is 5.11 Å². The Kier molecular flexibility index (Phi) is 12.4. The molecule has 21 heavy (non-hydrogen) atoms. The van der Waals surface area contributed by atoms with Crippen molar-refractivity contribution in [1.29, 1.82) is 0 Å².